The molecular formula is C51H33N3O2. The van der Waals surface area contributed by atoms with Crippen LogP contribution in [0.3, 0.4) is 0 Å². The monoisotopic (exact) mass is 719 g/mol. The van der Waals surface area contributed by atoms with Crippen molar-refractivity contribution >= 4 is 88.7 Å². The SMILES string of the molecule is c1ccc(-c2nc3c(N(c4ccccc4)c4ccc5oc6ccccc6c5c4)cc4cc(N(c5ccccc5)c5ccc6ccccc6c5)ccc4c3o2)cc1. The van der Waals surface area contributed by atoms with Crippen LogP contribution < -0.4 is 9.80 Å². The van der Waals surface area contributed by atoms with E-state index in [-0.39, 0.29) is 0 Å². The molecule has 0 aliphatic rings. The normalized spacial score (nSPS) is 11.6. The van der Waals surface area contributed by atoms with Crippen LogP contribution in [0, 0.1) is 0 Å². The fraction of sp³-hybridized carbons (Fsp3) is 0. The lowest BCUT2D eigenvalue weighted by Gasteiger charge is -2.27. The second kappa shape index (κ2) is 13.0. The Labute approximate surface area is 322 Å². The summed E-state index contributed by atoms with van der Waals surface area (Å²) in [5.74, 6) is 0.574. The van der Waals surface area contributed by atoms with Gasteiger partial charge in [0.05, 0.1) is 5.69 Å². The summed E-state index contributed by atoms with van der Waals surface area (Å²) >= 11 is 0. The minimum absolute atomic E-state index is 0.574. The maximum Gasteiger partial charge on any atom is 0.227 e. The van der Waals surface area contributed by atoms with Gasteiger partial charge in [-0.1, -0.05) is 103 Å². The first-order valence-electron chi connectivity index (χ1n) is 18.8. The van der Waals surface area contributed by atoms with E-state index in [1.54, 1.807) is 0 Å². The number of fused-ring (bicyclic) bond motifs is 7. The highest BCUT2D eigenvalue weighted by molar-refractivity contribution is 6.13. The smallest absolute Gasteiger partial charge is 0.227 e. The summed E-state index contributed by atoms with van der Waals surface area (Å²) < 4.78 is 13.1. The van der Waals surface area contributed by atoms with Gasteiger partial charge in [0.2, 0.25) is 5.89 Å². The van der Waals surface area contributed by atoms with Gasteiger partial charge in [0.15, 0.2) is 5.58 Å². The lowest BCUT2D eigenvalue weighted by molar-refractivity contribution is 0.623. The molecule has 11 rings (SSSR count). The Bertz CT molecular complexity index is 3210. The van der Waals surface area contributed by atoms with Crippen molar-refractivity contribution in [3.8, 4) is 11.5 Å². The van der Waals surface area contributed by atoms with Crippen LogP contribution in [0.5, 0.6) is 0 Å². The van der Waals surface area contributed by atoms with Gasteiger partial charge in [0.25, 0.3) is 0 Å². The number of oxazole rings is 1. The summed E-state index contributed by atoms with van der Waals surface area (Å²) in [6.45, 7) is 0. The number of hydrogen-bond acceptors (Lipinski definition) is 5. The second-order valence-electron chi connectivity index (χ2n) is 14.0. The average molecular weight is 720 g/mol. The first-order valence-corrected chi connectivity index (χ1v) is 18.8. The quantitative estimate of drug-likeness (QED) is 0.164. The van der Waals surface area contributed by atoms with Crippen LogP contribution in [0.4, 0.5) is 34.1 Å². The van der Waals surface area contributed by atoms with Crippen LogP contribution in [0.2, 0.25) is 0 Å². The summed E-state index contributed by atoms with van der Waals surface area (Å²) in [4.78, 5) is 9.85. The van der Waals surface area contributed by atoms with Gasteiger partial charge < -0.3 is 18.6 Å². The molecule has 56 heavy (non-hydrogen) atoms. The van der Waals surface area contributed by atoms with Crippen LogP contribution in [0.25, 0.3) is 66.0 Å². The van der Waals surface area contributed by atoms with Gasteiger partial charge in [-0.3, -0.25) is 0 Å². The van der Waals surface area contributed by atoms with E-state index in [2.05, 4.69) is 161 Å². The van der Waals surface area contributed by atoms with Crippen molar-refractivity contribution in [1.29, 1.82) is 0 Å². The standard InChI is InChI=1S/C51H33N3O2/c1-4-15-35(16-5-1)51-52-49-46(54(39-20-8-3-9-21-39)42-27-29-48-45(33-42)44-22-12-13-23-47(44)55-48)32-37-31-41(26-28-43(37)50(49)56-51)53(38-18-6-2-7-19-38)40-25-24-34-14-10-11-17-36(34)30-40/h1-33H. The van der Waals surface area contributed by atoms with Crippen LogP contribution in [-0.2, 0) is 0 Å². The van der Waals surface area contributed by atoms with Crippen molar-refractivity contribution < 1.29 is 8.83 Å². The van der Waals surface area contributed by atoms with Crippen molar-refractivity contribution in [3.05, 3.63) is 200 Å². The largest absolute Gasteiger partial charge is 0.456 e. The zero-order valence-corrected chi connectivity index (χ0v) is 30.2. The van der Waals surface area contributed by atoms with Gasteiger partial charge in [-0.25, -0.2) is 4.98 Å². The summed E-state index contributed by atoms with van der Waals surface area (Å²) in [5.41, 5.74) is 10.2. The molecular weight excluding hydrogens is 687 g/mol. The number of aromatic nitrogens is 1. The number of para-hydroxylation sites is 3. The molecule has 5 nitrogen and oxygen atoms in total. The van der Waals surface area contributed by atoms with Gasteiger partial charge >= 0.3 is 0 Å². The first kappa shape index (κ1) is 31.9. The van der Waals surface area contributed by atoms with Crippen LogP contribution in [0.15, 0.2) is 209 Å². The molecule has 5 heteroatoms. The number of rotatable bonds is 7. The second-order valence-corrected chi connectivity index (χ2v) is 14.0. The molecule has 0 saturated heterocycles. The van der Waals surface area contributed by atoms with Gasteiger partial charge in [-0.2, -0.15) is 0 Å². The molecule has 0 amide bonds. The number of furan rings is 1. The third-order valence-electron chi connectivity index (χ3n) is 10.6. The Morgan fingerprint density at radius 3 is 1.73 bits per heavy atom. The fourth-order valence-corrected chi connectivity index (χ4v) is 7.98. The highest BCUT2D eigenvalue weighted by Gasteiger charge is 2.24. The van der Waals surface area contributed by atoms with E-state index >= 15 is 0 Å². The van der Waals surface area contributed by atoms with Crippen molar-refractivity contribution in [2.45, 2.75) is 0 Å². The molecule has 2 aromatic heterocycles. The summed E-state index contributed by atoms with van der Waals surface area (Å²) in [6, 6.07) is 69.8. The molecule has 11 aromatic rings. The third-order valence-corrected chi connectivity index (χ3v) is 10.6. The molecule has 0 bridgehead atoms. The average Bonchev–Trinajstić information content (AvgIpc) is 3.88. The predicted octanol–water partition coefficient (Wildman–Crippen LogP) is 14.6. The van der Waals surface area contributed by atoms with Gasteiger partial charge in [0, 0.05) is 50.2 Å². The van der Waals surface area contributed by atoms with Crippen LogP contribution >= 0.6 is 0 Å². The Kier molecular flexibility index (Phi) is 7.42. The summed E-state index contributed by atoms with van der Waals surface area (Å²) in [7, 11) is 0. The molecule has 0 spiro atoms. The highest BCUT2D eigenvalue weighted by Crippen LogP contribution is 2.46. The molecule has 0 unspecified atom stereocenters. The molecule has 0 radical (unpaired) electrons. The molecule has 0 aliphatic heterocycles. The molecule has 0 atom stereocenters. The van der Waals surface area contributed by atoms with Crippen molar-refractivity contribution in [2.75, 3.05) is 9.80 Å². The van der Waals surface area contributed by atoms with E-state index in [4.69, 9.17) is 13.8 Å². The van der Waals surface area contributed by atoms with E-state index in [1.807, 2.05) is 48.5 Å². The molecule has 264 valence electrons. The Morgan fingerprint density at radius 1 is 0.357 bits per heavy atom. The lowest BCUT2D eigenvalue weighted by Crippen LogP contribution is -2.11. The van der Waals surface area contributed by atoms with Crippen LogP contribution in [0.1, 0.15) is 0 Å². The molecule has 9 aromatic carbocycles. The summed E-state index contributed by atoms with van der Waals surface area (Å²) in [6.07, 6.45) is 0. The first-order chi connectivity index (χ1) is 27.7. The van der Waals surface area contributed by atoms with Gasteiger partial charge in [-0.15, -0.1) is 0 Å². The maximum atomic E-state index is 6.80. The number of anilines is 6. The molecule has 0 saturated carbocycles. The lowest BCUT2D eigenvalue weighted by atomic mass is 10.0. The fourth-order valence-electron chi connectivity index (χ4n) is 7.98. The van der Waals surface area contributed by atoms with Crippen LogP contribution in [-0.4, -0.2) is 4.98 Å². The zero-order chi connectivity index (χ0) is 37.0. The van der Waals surface area contributed by atoms with E-state index in [0.29, 0.717) is 5.89 Å². The van der Waals surface area contributed by atoms with Crippen molar-refractivity contribution in [1.82, 2.24) is 4.98 Å². The summed E-state index contributed by atoms with van der Waals surface area (Å²) in [5, 5.41) is 6.53. The number of nitrogens with zero attached hydrogens (tertiary/aromatic N) is 3. The van der Waals surface area contributed by atoms with E-state index < -0.39 is 0 Å². The molecule has 0 fully saturated rings. The zero-order valence-electron chi connectivity index (χ0n) is 30.2. The van der Waals surface area contributed by atoms with Gasteiger partial charge in [-0.05, 0) is 113 Å². The molecule has 2 heterocycles. The number of benzene rings is 9. The van der Waals surface area contributed by atoms with Gasteiger partial charge in [0.1, 0.15) is 16.7 Å². The number of hydrogen-bond donors (Lipinski definition) is 0. The van der Waals surface area contributed by atoms with E-state index in [9.17, 15) is 0 Å². The Hall–Kier alpha value is -7.63. The topological polar surface area (TPSA) is 45.7 Å². The van der Waals surface area contributed by atoms with E-state index in [0.717, 1.165) is 83.5 Å². The predicted molar refractivity (Wildman–Crippen MR) is 231 cm³/mol. The third kappa shape index (κ3) is 5.37. The molecule has 0 aliphatic carbocycles. The molecule has 0 N–H and O–H groups in total. The Balaban J connectivity index is 1.17. The maximum absolute atomic E-state index is 6.80. The minimum Gasteiger partial charge on any atom is -0.456 e. The highest BCUT2D eigenvalue weighted by atomic mass is 16.3. The van der Waals surface area contributed by atoms with Crippen molar-refractivity contribution in [2.24, 2.45) is 0 Å². The van der Waals surface area contributed by atoms with E-state index in [1.165, 1.54) is 10.8 Å². The van der Waals surface area contributed by atoms with Crippen molar-refractivity contribution in [3.63, 3.8) is 0 Å². The minimum atomic E-state index is 0.574. The Morgan fingerprint density at radius 2 is 0.946 bits per heavy atom.